The van der Waals surface area contributed by atoms with Crippen LogP contribution in [0.1, 0.15) is 53.4 Å². The van der Waals surface area contributed by atoms with Crippen molar-refractivity contribution in [3.8, 4) is 0 Å². The molecule has 17 heavy (non-hydrogen) atoms. The van der Waals surface area contributed by atoms with Crippen molar-refractivity contribution in [2.45, 2.75) is 70.6 Å². The summed E-state index contributed by atoms with van der Waals surface area (Å²) in [6, 6.07) is 0.150. The van der Waals surface area contributed by atoms with E-state index in [4.69, 9.17) is 15.3 Å². The molecule has 0 aliphatic rings. The van der Waals surface area contributed by atoms with Gasteiger partial charge in [0.25, 0.3) is 0 Å². The second-order valence-corrected chi connectivity index (χ2v) is 5.20. The number of ether oxygens (including phenoxy) is 2. The van der Waals surface area contributed by atoms with Crippen LogP contribution in [-0.2, 0) is 9.47 Å². The van der Waals surface area contributed by atoms with Crippen molar-refractivity contribution in [3.05, 3.63) is 0 Å². The Hall–Kier alpha value is -0.160. The largest absolute Gasteiger partial charge is 0.379 e. The molecule has 1 unspecified atom stereocenters. The zero-order valence-corrected chi connectivity index (χ0v) is 12.3. The van der Waals surface area contributed by atoms with Crippen molar-refractivity contribution >= 4 is 0 Å². The smallest absolute Gasteiger partial charge is 0.0839 e. The van der Waals surface area contributed by atoms with E-state index in [1.165, 1.54) is 0 Å². The van der Waals surface area contributed by atoms with Crippen LogP contribution in [0.25, 0.3) is 0 Å². The van der Waals surface area contributed by atoms with Crippen LogP contribution in [0.3, 0.4) is 0 Å². The molecule has 0 spiro atoms. The van der Waals surface area contributed by atoms with Gasteiger partial charge in [-0.1, -0.05) is 13.8 Å². The SMILES string of the molecule is CCC(CC)(OC)C(CCC(C)(C)OC)NN. The zero-order chi connectivity index (χ0) is 13.5. The Labute approximate surface area is 106 Å². The summed E-state index contributed by atoms with van der Waals surface area (Å²) in [4.78, 5) is 0. The van der Waals surface area contributed by atoms with Gasteiger partial charge in [0.05, 0.1) is 17.2 Å². The van der Waals surface area contributed by atoms with Crippen LogP contribution < -0.4 is 11.3 Å². The van der Waals surface area contributed by atoms with E-state index in [9.17, 15) is 0 Å². The van der Waals surface area contributed by atoms with Crippen LogP contribution in [0.15, 0.2) is 0 Å². The molecule has 0 amide bonds. The van der Waals surface area contributed by atoms with E-state index < -0.39 is 0 Å². The quantitative estimate of drug-likeness (QED) is 0.484. The highest BCUT2D eigenvalue weighted by Crippen LogP contribution is 2.28. The van der Waals surface area contributed by atoms with E-state index in [1.54, 1.807) is 14.2 Å². The molecule has 0 aromatic carbocycles. The molecule has 0 fully saturated rings. The minimum atomic E-state index is -0.182. The Morgan fingerprint density at radius 1 is 1.12 bits per heavy atom. The van der Waals surface area contributed by atoms with E-state index in [0.29, 0.717) is 0 Å². The summed E-state index contributed by atoms with van der Waals surface area (Å²) < 4.78 is 11.1. The highest BCUT2D eigenvalue weighted by atomic mass is 16.5. The standard InChI is InChI=1S/C13H30N2O2/c1-7-13(8-2,17-6)11(15-14)9-10-12(3,4)16-5/h11,15H,7-10,14H2,1-6H3. The van der Waals surface area contributed by atoms with E-state index in [0.717, 1.165) is 25.7 Å². The van der Waals surface area contributed by atoms with E-state index in [2.05, 4.69) is 33.1 Å². The van der Waals surface area contributed by atoms with Gasteiger partial charge in [-0.25, -0.2) is 0 Å². The lowest BCUT2D eigenvalue weighted by molar-refractivity contribution is -0.0582. The van der Waals surface area contributed by atoms with Crippen molar-refractivity contribution in [1.29, 1.82) is 0 Å². The number of hydrazine groups is 1. The van der Waals surface area contributed by atoms with Crippen LogP contribution in [0.4, 0.5) is 0 Å². The molecule has 0 aromatic rings. The van der Waals surface area contributed by atoms with Crippen molar-refractivity contribution in [3.63, 3.8) is 0 Å². The maximum atomic E-state index is 5.70. The van der Waals surface area contributed by atoms with Gasteiger partial charge in [-0.3, -0.25) is 11.3 Å². The molecule has 0 aliphatic heterocycles. The van der Waals surface area contributed by atoms with Crippen molar-refractivity contribution in [2.75, 3.05) is 14.2 Å². The van der Waals surface area contributed by atoms with Gasteiger partial charge in [0.1, 0.15) is 0 Å². The summed E-state index contributed by atoms with van der Waals surface area (Å²) >= 11 is 0. The van der Waals surface area contributed by atoms with Crippen molar-refractivity contribution < 1.29 is 9.47 Å². The molecule has 0 saturated carbocycles. The first kappa shape index (κ1) is 16.8. The Kier molecular flexibility index (Phi) is 7.24. The molecule has 0 radical (unpaired) electrons. The third-order valence-corrected chi connectivity index (χ3v) is 4.03. The fourth-order valence-electron chi connectivity index (χ4n) is 2.27. The van der Waals surface area contributed by atoms with Crippen LogP contribution in [0.2, 0.25) is 0 Å². The number of methoxy groups -OCH3 is 2. The summed E-state index contributed by atoms with van der Waals surface area (Å²) in [5, 5.41) is 0. The molecule has 104 valence electrons. The molecule has 0 aliphatic carbocycles. The van der Waals surface area contributed by atoms with Gasteiger partial charge in [-0.15, -0.1) is 0 Å². The van der Waals surface area contributed by atoms with Gasteiger partial charge in [0.15, 0.2) is 0 Å². The van der Waals surface area contributed by atoms with Gasteiger partial charge in [-0.2, -0.15) is 0 Å². The van der Waals surface area contributed by atoms with Gasteiger partial charge in [0, 0.05) is 14.2 Å². The van der Waals surface area contributed by atoms with Gasteiger partial charge in [0.2, 0.25) is 0 Å². The van der Waals surface area contributed by atoms with Gasteiger partial charge in [-0.05, 0) is 39.5 Å². The number of nitrogens with one attached hydrogen (secondary N) is 1. The predicted molar refractivity (Wildman–Crippen MR) is 71.8 cm³/mol. The van der Waals surface area contributed by atoms with Crippen LogP contribution in [0.5, 0.6) is 0 Å². The lowest BCUT2D eigenvalue weighted by Gasteiger charge is -2.39. The number of hydrogen-bond acceptors (Lipinski definition) is 4. The average molecular weight is 246 g/mol. The summed E-state index contributed by atoms with van der Waals surface area (Å²) in [5.74, 6) is 5.69. The molecular weight excluding hydrogens is 216 g/mol. The van der Waals surface area contributed by atoms with Gasteiger partial charge >= 0.3 is 0 Å². The lowest BCUT2D eigenvalue weighted by Crippen LogP contribution is -2.54. The molecule has 0 aromatic heterocycles. The minimum Gasteiger partial charge on any atom is -0.379 e. The first-order valence-electron chi connectivity index (χ1n) is 6.47. The van der Waals surface area contributed by atoms with Gasteiger partial charge < -0.3 is 9.47 Å². The lowest BCUT2D eigenvalue weighted by atomic mass is 9.84. The Bertz CT molecular complexity index is 195. The summed E-state index contributed by atoms with van der Waals surface area (Å²) in [5.41, 5.74) is 2.61. The fourth-order valence-corrected chi connectivity index (χ4v) is 2.27. The Balaban J connectivity index is 4.60. The molecule has 0 saturated heterocycles. The van der Waals surface area contributed by atoms with Crippen molar-refractivity contribution in [1.82, 2.24) is 5.43 Å². The summed E-state index contributed by atoms with van der Waals surface area (Å²) in [7, 11) is 3.51. The second kappa shape index (κ2) is 7.31. The Morgan fingerprint density at radius 2 is 1.65 bits per heavy atom. The molecule has 0 heterocycles. The third-order valence-electron chi connectivity index (χ3n) is 4.03. The first-order valence-corrected chi connectivity index (χ1v) is 6.47. The summed E-state index contributed by atoms with van der Waals surface area (Å²) in [6.45, 7) is 8.46. The average Bonchev–Trinajstić information content (AvgIpc) is 2.35. The number of hydrogen-bond donors (Lipinski definition) is 2. The topological polar surface area (TPSA) is 56.5 Å². The summed E-state index contributed by atoms with van der Waals surface area (Å²) in [6.07, 6.45) is 3.78. The molecule has 1 atom stereocenters. The first-order chi connectivity index (χ1) is 7.91. The van der Waals surface area contributed by atoms with E-state index in [1.807, 2.05) is 0 Å². The van der Waals surface area contributed by atoms with Crippen LogP contribution >= 0.6 is 0 Å². The van der Waals surface area contributed by atoms with E-state index in [-0.39, 0.29) is 17.2 Å². The highest BCUT2D eigenvalue weighted by molar-refractivity contribution is 4.91. The highest BCUT2D eigenvalue weighted by Gasteiger charge is 2.36. The Morgan fingerprint density at radius 3 is 1.94 bits per heavy atom. The van der Waals surface area contributed by atoms with E-state index >= 15 is 0 Å². The molecule has 0 bridgehead atoms. The molecular formula is C13H30N2O2. The molecule has 3 N–H and O–H groups in total. The third kappa shape index (κ3) is 4.54. The number of nitrogens with two attached hydrogens (primary N) is 1. The normalized spacial score (nSPS) is 15.0. The maximum absolute atomic E-state index is 5.70. The van der Waals surface area contributed by atoms with Crippen molar-refractivity contribution in [2.24, 2.45) is 5.84 Å². The fraction of sp³-hybridized carbons (Fsp3) is 1.00. The maximum Gasteiger partial charge on any atom is 0.0839 e. The molecule has 4 heteroatoms. The number of rotatable bonds is 9. The monoisotopic (exact) mass is 246 g/mol. The molecule has 0 rings (SSSR count). The minimum absolute atomic E-state index is 0.115. The molecule has 4 nitrogen and oxygen atoms in total. The zero-order valence-electron chi connectivity index (χ0n) is 12.3. The van der Waals surface area contributed by atoms with Crippen LogP contribution in [0, 0.1) is 0 Å². The predicted octanol–water partition coefficient (Wildman–Crippen LogP) is 2.23. The van der Waals surface area contributed by atoms with Crippen LogP contribution in [-0.4, -0.2) is 31.5 Å². The second-order valence-electron chi connectivity index (χ2n) is 5.20.